The molecule has 2 aliphatic rings. The Hall–Kier alpha value is -1.69. The smallest absolute Gasteiger partial charge is 0.332 e. The lowest BCUT2D eigenvalue weighted by atomic mass is 9.94. The maximum absolute atomic E-state index is 12.8. The monoisotopic (exact) mass is 433 g/mol. The van der Waals surface area contributed by atoms with Crippen LogP contribution in [0.5, 0.6) is 0 Å². The molecule has 1 saturated heterocycles. The average molecular weight is 434 g/mol. The Kier molecular flexibility index (Phi) is 5.99. The van der Waals surface area contributed by atoms with E-state index < -0.39 is 58.0 Å². The van der Waals surface area contributed by atoms with Gasteiger partial charge in [-0.2, -0.15) is 0 Å². The van der Waals surface area contributed by atoms with Gasteiger partial charge in [-0.05, 0) is 24.6 Å². The third-order valence-electron chi connectivity index (χ3n) is 4.70. The molecule has 3 rings (SSSR count). The van der Waals surface area contributed by atoms with Crippen molar-refractivity contribution in [2.45, 2.75) is 36.1 Å². The molecule has 1 heterocycles. The zero-order valence-corrected chi connectivity index (χ0v) is 16.2. The SMILES string of the molecule is O=C(O)C1=CC2(CCC1S(=O)(=O)Nc1ccccc1Cl)OC(CO)C(CO)O2. The molecule has 1 fully saturated rings. The minimum atomic E-state index is -4.13. The van der Waals surface area contributed by atoms with Crippen molar-refractivity contribution in [1.29, 1.82) is 0 Å². The first-order valence-corrected chi connectivity index (χ1v) is 10.4. The van der Waals surface area contributed by atoms with E-state index in [-0.39, 0.29) is 23.6 Å². The highest BCUT2D eigenvalue weighted by atomic mass is 35.5. The minimum Gasteiger partial charge on any atom is -0.478 e. The van der Waals surface area contributed by atoms with Crippen LogP contribution in [0, 0.1) is 0 Å². The van der Waals surface area contributed by atoms with Crippen molar-refractivity contribution < 1.29 is 38.0 Å². The second-order valence-corrected chi connectivity index (χ2v) is 8.82. The second-order valence-electron chi connectivity index (χ2n) is 6.55. The van der Waals surface area contributed by atoms with E-state index in [2.05, 4.69) is 4.72 Å². The van der Waals surface area contributed by atoms with Gasteiger partial charge in [0.25, 0.3) is 0 Å². The van der Waals surface area contributed by atoms with E-state index in [1.807, 2.05) is 0 Å². The van der Waals surface area contributed by atoms with Gasteiger partial charge >= 0.3 is 5.97 Å². The Morgan fingerprint density at radius 3 is 2.36 bits per heavy atom. The third kappa shape index (κ3) is 4.02. The van der Waals surface area contributed by atoms with Gasteiger partial charge in [-0.25, -0.2) is 13.2 Å². The van der Waals surface area contributed by atoms with Crippen LogP contribution in [0.4, 0.5) is 5.69 Å². The van der Waals surface area contributed by atoms with E-state index in [9.17, 15) is 28.5 Å². The molecule has 0 amide bonds. The largest absolute Gasteiger partial charge is 0.478 e. The molecule has 0 aromatic heterocycles. The van der Waals surface area contributed by atoms with Gasteiger partial charge in [0, 0.05) is 6.42 Å². The Bertz CT molecular complexity index is 875. The average Bonchev–Trinajstić information content (AvgIpc) is 3.00. The number of aliphatic hydroxyl groups is 2. The first-order valence-electron chi connectivity index (χ1n) is 8.51. The second kappa shape index (κ2) is 7.97. The Balaban J connectivity index is 1.91. The molecule has 4 N–H and O–H groups in total. The van der Waals surface area contributed by atoms with Crippen molar-refractivity contribution in [2.75, 3.05) is 17.9 Å². The fourth-order valence-electron chi connectivity index (χ4n) is 3.37. The first-order chi connectivity index (χ1) is 13.2. The molecule has 3 unspecified atom stereocenters. The van der Waals surface area contributed by atoms with Gasteiger partial charge in [0.15, 0.2) is 5.79 Å². The summed E-state index contributed by atoms with van der Waals surface area (Å²) in [5.74, 6) is -2.95. The normalized spacial score (nSPS) is 30.2. The number of nitrogens with one attached hydrogen (secondary N) is 1. The van der Waals surface area contributed by atoms with Crippen LogP contribution in [0.15, 0.2) is 35.9 Å². The van der Waals surface area contributed by atoms with E-state index >= 15 is 0 Å². The molecule has 0 saturated carbocycles. The van der Waals surface area contributed by atoms with E-state index in [1.54, 1.807) is 12.1 Å². The predicted octanol–water partition coefficient (Wildman–Crippen LogP) is 0.720. The number of halogens is 1. The van der Waals surface area contributed by atoms with Gasteiger partial charge in [0.2, 0.25) is 10.0 Å². The molecule has 28 heavy (non-hydrogen) atoms. The van der Waals surface area contributed by atoms with Gasteiger partial charge < -0.3 is 24.8 Å². The topological polar surface area (TPSA) is 142 Å². The lowest BCUT2D eigenvalue weighted by Gasteiger charge is -2.33. The summed E-state index contributed by atoms with van der Waals surface area (Å²) in [6, 6.07) is 6.21. The number of para-hydroxylation sites is 1. The summed E-state index contributed by atoms with van der Waals surface area (Å²) in [6.07, 6.45) is -0.649. The molecule has 154 valence electrons. The number of anilines is 1. The van der Waals surface area contributed by atoms with Gasteiger partial charge in [0.05, 0.1) is 29.5 Å². The maximum atomic E-state index is 12.8. The first kappa shape index (κ1) is 21.0. The van der Waals surface area contributed by atoms with Crippen molar-refractivity contribution in [2.24, 2.45) is 0 Å². The number of aliphatic hydroxyl groups excluding tert-OH is 2. The van der Waals surface area contributed by atoms with E-state index in [1.165, 1.54) is 12.1 Å². The maximum Gasteiger partial charge on any atom is 0.332 e. The molecule has 1 aromatic rings. The zero-order valence-electron chi connectivity index (χ0n) is 14.6. The lowest BCUT2D eigenvalue weighted by molar-refractivity contribution is -0.153. The quantitative estimate of drug-likeness (QED) is 0.514. The number of carbonyl (C=O) groups is 1. The number of benzene rings is 1. The standard InChI is InChI=1S/C17H20ClNO8S/c18-11-3-1-2-4-12(11)19-28(24,25)15-5-6-17(7-10(15)16(22)23)26-13(8-20)14(9-21)27-17/h1-4,7,13-15,19-21H,5-6,8-9H2,(H,22,23). The number of ether oxygens (including phenoxy) is 2. The lowest BCUT2D eigenvalue weighted by Crippen LogP contribution is -2.42. The van der Waals surface area contributed by atoms with Crippen LogP contribution >= 0.6 is 11.6 Å². The van der Waals surface area contributed by atoms with Gasteiger partial charge in [-0.1, -0.05) is 23.7 Å². The number of carboxylic acids is 1. The number of hydrogen-bond acceptors (Lipinski definition) is 7. The van der Waals surface area contributed by atoms with E-state index in [0.29, 0.717) is 0 Å². The summed E-state index contributed by atoms with van der Waals surface area (Å²) in [4.78, 5) is 11.8. The van der Waals surface area contributed by atoms with E-state index in [0.717, 1.165) is 6.08 Å². The van der Waals surface area contributed by atoms with Gasteiger partial charge in [-0.3, -0.25) is 4.72 Å². The zero-order chi connectivity index (χ0) is 20.5. The molecular formula is C17H20ClNO8S. The molecule has 1 aliphatic carbocycles. The fraction of sp³-hybridized carbons (Fsp3) is 0.471. The van der Waals surface area contributed by atoms with Crippen LogP contribution in [0.1, 0.15) is 12.8 Å². The minimum absolute atomic E-state index is 0.0326. The van der Waals surface area contributed by atoms with Crippen molar-refractivity contribution in [3.63, 3.8) is 0 Å². The number of rotatable bonds is 6. The molecule has 11 heteroatoms. The molecule has 1 spiro atoms. The van der Waals surface area contributed by atoms with Crippen LogP contribution in [0.3, 0.4) is 0 Å². The van der Waals surface area contributed by atoms with Crippen LogP contribution < -0.4 is 4.72 Å². The Morgan fingerprint density at radius 1 is 1.21 bits per heavy atom. The van der Waals surface area contributed by atoms with Crippen LogP contribution in [-0.2, 0) is 24.3 Å². The van der Waals surface area contributed by atoms with Crippen molar-refractivity contribution in [3.05, 3.63) is 40.9 Å². The summed E-state index contributed by atoms with van der Waals surface area (Å²) >= 11 is 5.99. The summed E-state index contributed by atoms with van der Waals surface area (Å²) in [5, 5.41) is 27.1. The fourth-order valence-corrected chi connectivity index (χ4v) is 5.16. The number of sulfonamides is 1. The molecular weight excluding hydrogens is 414 g/mol. The van der Waals surface area contributed by atoms with Crippen molar-refractivity contribution in [3.8, 4) is 0 Å². The van der Waals surface area contributed by atoms with Gasteiger partial charge in [-0.15, -0.1) is 0 Å². The van der Waals surface area contributed by atoms with Crippen molar-refractivity contribution in [1.82, 2.24) is 0 Å². The van der Waals surface area contributed by atoms with Gasteiger partial charge in [0.1, 0.15) is 17.5 Å². The predicted molar refractivity (Wildman–Crippen MR) is 99.4 cm³/mol. The number of carboxylic acid groups (broad SMARTS) is 1. The summed E-state index contributed by atoms with van der Waals surface area (Å²) < 4.78 is 39.2. The molecule has 1 aliphatic heterocycles. The summed E-state index contributed by atoms with van der Waals surface area (Å²) in [5.41, 5.74) is -0.274. The summed E-state index contributed by atoms with van der Waals surface area (Å²) in [7, 11) is -4.13. The number of aliphatic carboxylic acids is 1. The van der Waals surface area contributed by atoms with Crippen molar-refractivity contribution >= 4 is 33.3 Å². The van der Waals surface area contributed by atoms with E-state index in [4.69, 9.17) is 21.1 Å². The Labute approximate surface area is 166 Å². The summed E-state index contributed by atoms with van der Waals surface area (Å²) in [6.45, 7) is -0.863. The highest BCUT2D eigenvalue weighted by molar-refractivity contribution is 7.93. The molecule has 9 nitrogen and oxygen atoms in total. The molecule has 3 atom stereocenters. The van der Waals surface area contributed by atoms with Crippen LogP contribution in [-0.4, -0.2) is 66.2 Å². The highest BCUT2D eigenvalue weighted by Gasteiger charge is 2.51. The molecule has 1 aromatic carbocycles. The van der Waals surface area contributed by atoms with Crippen LogP contribution in [0.2, 0.25) is 5.02 Å². The number of hydrogen-bond donors (Lipinski definition) is 4. The molecule has 0 radical (unpaired) electrons. The molecule has 0 bridgehead atoms. The highest BCUT2D eigenvalue weighted by Crippen LogP contribution is 2.41. The third-order valence-corrected chi connectivity index (χ3v) is 6.77. The van der Waals surface area contributed by atoms with Crippen LogP contribution in [0.25, 0.3) is 0 Å². The Morgan fingerprint density at radius 2 is 1.82 bits per heavy atom.